The van der Waals surface area contributed by atoms with Crippen molar-refractivity contribution in [3.63, 3.8) is 0 Å². The maximum atomic E-state index is 8.24. The highest BCUT2D eigenvalue weighted by Gasteiger charge is 2.60. The van der Waals surface area contributed by atoms with Gasteiger partial charge in [-0.2, -0.15) is 0 Å². The Bertz CT molecular complexity index is 4110. The average molecular weight is 1050 g/mol. The van der Waals surface area contributed by atoms with E-state index in [0.29, 0.717) is 18.3 Å². The first-order chi connectivity index (χ1) is 38.5. The van der Waals surface area contributed by atoms with Gasteiger partial charge in [-0.1, -0.05) is 184 Å². The van der Waals surface area contributed by atoms with Crippen molar-refractivity contribution in [2.75, 3.05) is 14.7 Å². The van der Waals surface area contributed by atoms with Crippen molar-refractivity contribution >= 4 is 79.4 Å². The van der Waals surface area contributed by atoms with Gasteiger partial charge >= 0.3 is 0 Å². The third-order valence-electron chi connectivity index (χ3n) is 21.5. The zero-order chi connectivity index (χ0) is 54.6. The van der Waals surface area contributed by atoms with Gasteiger partial charge in [0.05, 0.1) is 16.9 Å². The minimum Gasteiger partial charge on any atom is -0.489 e. The lowest BCUT2D eigenvalue weighted by atomic mass is 9.35. The third kappa shape index (κ3) is 6.26. The second-order valence-corrected chi connectivity index (χ2v) is 27.3. The largest absolute Gasteiger partial charge is 0.489 e. The molecule has 1 spiro atoms. The molecule has 2 atom stereocenters. The van der Waals surface area contributed by atoms with Crippen LogP contribution in [0.3, 0.4) is 0 Å². The number of fused-ring (bicyclic) bond motifs is 16. The Morgan fingerprint density at radius 1 is 0.500 bits per heavy atom. The number of hydrogen-bond donors (Lipinski definition) is 0. The van der Waals surface area contributed by atoms with Crippen LogP contribution < -0.4 is 25.6 Å². The summed E-state index contributed by atoms with van der Waals surface area (Å²) in [5, 5.41) is 2.35. The summed E-state index contributed by atoms with van der Waals surface area (Å²) in [5.74, 6) is 0.796. The molecule has 1 aromatic heterocycles. The molecule has 9 aromatic rings. The van der Waals surface area contributed by atoms with E-state index in [1.165, 1.54) is 108 Å². The Labute approximate surface area is 473 Å². The van der Waals surface area contributed by atoms with Crippen LogP contribution >= 0.6 is 0 Å². The number of nitrogens with zero attached hydrogens (tertiary/aromatic N) is 3. The van der Waals surface area contributed by atoms with Crippen LogP contribution in [0.2, 0.25) is 0 Å². The van der Waals surface area contributed by atoms with Crippen molar-refractivity contribution in [3.05, 3.63) is 208 Å². The van der Waals surface area contributed by atoms with Crippen LogP contribution in [0.5, 0.6) is 0 Å². The van der Waals surface area contributed by atoms with Crippen LogP contribution in [0, 0.1) is 0 Å². The second-order valence-electron chi connectivity index (χ2n) is 27.3. The summed E-state index contributed by atoms with van der Waals surface area (Å²) >= 11 is 0. The van der Waals surface area contributed by atoms with Crippen molar-refractivity contribution in [3.8, 4) is 11.1 Å². The predicted molar refractivity (Wildman–Crippen MR) is 334 cm³/mol. The van der Waals surface area contributed by atoms with Gasteiger partial charge in [0, 0.05) is 85.2 Å². The number of hydrogen-bond acceptors (Lipinski definition) is 5. The van der Waals surface area contributed by atoms with E-state index >= 15 is 0 Å². The van der Waals surface area contributed by atoms with Gasteiger partial charge in [0.1, 0.15) is 11.2 Å². The highest BCUT2D eigenvalue weighted by Crippen LogP contribution is 2.64. The molecule has 1 fully saturated rings. The van der Waals surface area contributed by atoms with Crippen LogP contribution in [0.1, 0.15) is 165 Å². The van der Waals surface area contributed by atoms with Gasteiger partial charge in [0.25, 0.3) is 6.71 Å². The molecule has 5 nitrogen and oxygen atoms in total. The average Bonchev–Trinajstić information content (AvgIpc) is 4.36. The molecule has 0 N–H and O–H groups in total. The minimum absolute atomic E-state index is 0.0245. The van der Waals surface area contributed by atoms with Gasteiger partial charge in [0.2, 0.25) is 0 Å². The first-order valence-corrected chi connectivity index (χ1v) is 30.0. The fraction of sp³-hybridized carbons (Fsp3) is 0.324. The molecule has 80 heavy (non-hydrogen) atoms. The number of benzene rings is 8. The van der Waals surface area contributed by atoms with Crippen molar-refractivity contribution in [2.45, 2.75) is 153 Å². The Hall–Kier alpha value is -7.44. The van der Waals surface area contributed by atoms with Gasteiger partial charge in [-0.25, -0.2) is 0 Å². The van der Waals surface area contributed by atoms with Gasteiger partial charge < -0.3 is 23.9 Å². The van der Waals surface area contributed by atoms with Gasteiger partial charge in [-0.15, -0.1) is 0 Å². The summed E-state index contributed by atoms with van der Waals surface area (Å²) in [5.41, 5.74) is 26.1. The Kier molecular flexibility index (Phi) is 9.91. The van der Waals surface area contributed by atoms with Crippen LogP contribution in [-0.4, -0.2) is 12.3 Å². The van der Waals surface area contributed by atoms with E-state index < -0.39 is 5.60 Å². The zero-order valence-corrected chi connectivity index (χ0v) is 48.4. The predicted octanol–water partition coefficient (Wildman–Crippen LogP) is 18.6. The SMILES string of the molecule is CC(C)c1ccc(N2C3=C(OC4(C3)c3ccccc3-c3ccccc34)B3c4cc5c(cc4N(c4ccc(C(C)C)cc4)c4cc(N6c7ccccc7C7(C)CCCCC67C)cc2c43)oc2c3c(ccc25)C(C)(C)CCC3(C)C)cc1. The minimum atomic E-state index is -0.738. The van der Waals surface area contributed by atoms with Crippen LogP contribution in [-0.2, 0) is 26.6 Å². The molecular weight excluding hydrogens is 974 g/mol. The fourth-order valence-corrected chi connectivity index (χ4v) is 16.8. The second kappa shape index (κ2) is 16.4. The molecule has 0 radical (unpaired) electrons. The lowest BCUT2D eigenvalue weighted by molar-refractivity contribution is 0.0783. The monoisotopic (exact) mass is 1050 g/mol. The van der Waals surface area contributed by atoms with E-state index in [1.54, 1.807) is 0 Å². The van der Waals surface area contributed by atoms with E-state index in [-0.39, 0.29) is 28.5 Å². The van der Waals surface area contributed by atoms with E-state index in [4.69, 9.17) is 9.15 Å². The normalized spacial score (nSPS) is 22.1. The summed E-state index contributed by atoms with van der Waals surface area (Å²) in [4.78, 5) is 8.04. The summed E-state index contributed by atoms with van der Waals surface area (Å²) in [7, 11) is 0. The van der Waals surface area contributed by atoms with Crippen molar-refractivity contribution in [2.24, 2.45) is 0 Å². The Morgan fingerprint density at radius 2 is 1.09 bits per heavy atom. The molecule has 5 heterocycles. The maximum Gasteiger partial charge on any atom is 0.296 e. The van der Waals surface area contributed by atoms with Crippen LogP contribution in [0.15, 0.2) is 173 Å². The van der Waals surface area contributed by atoms with Crippen molar-refractivity contribution in [1.29, 1.82) is 0 Å². The fourth-order valence-electron chi connectivity index (χ4n) is 16.8. The third-order valence-corrected chi connectivity index (χ3v) is 21.5. The zero-order valence-electron chi connectivity index (χ0n) is 48.4. The summed E-state index contributed by atoms with van der Waals surface area (Å²) < 4.78 is 15.7. The molecule has 0 amide bonds. The summed E-state index contributed by atoms with van der Waals surface area (Å²) in [6.07, 6.45) is 7.67. The molecule has 1 saturated carbocycles. The van der Waals surface area contributed by atoms with E-state index in [0.717, 1.165) is 65.0 Å². The van der Waals surface area contributed by atoms with Crippen molar-refractivity contribution < 1.29 is 9.15 Å². The lowest BCUT2D eigenvalue weighted by Gasteiger charge is -2.51. The van der Waals surface area contributed by atoms with Gasteiger partial charge in [-0.05, 0) is 142 Å². The van der Waals surface area contributed by atoms with Gasteiger partial charge in [0.15, 0.2) is 5.60 Å². The highest BCUT2D eigenvalue weighted by atomic mass is 16.5. The number of rotatable bonds is 5. The first kappa shape index (κ1) is 48.5. The van der Waals surface area contributed by atoms with E-state index in [1.807, 2.05) is 0 Å². The molecular formula is C74H72BN3O2. The molecule has 3 aliphatic carbocycles. The summed E-state index contributed by atoms with van der Waals surface area (Å²) in [6, 6.07) is 61.3. The topological polar surface area (TPSA) is 32.1 Å². The first-order valence-electron chi connectivity index (χ1n) is 30.0. The standard InChI is InChI=1S/C74H72BN3O2/c1-44(2)46-25-29-48(30-26-46)76-61-42-65-54(53-33-34-58-66(68(53)79-65)71(7,8)38-37-70(58,5)6)41-59(61)75-67-62(76)39-50(78-60-24-16-15-23-57(60)72(9)35-17-18-36-73(72,78)10)40-63(67)77(49-31-27-47(28-32-49)45(3)4)64-43-74(80-69(64)75)55-21-13-11-19-51(55)52-20-12-14-22-56(52)74/h11-16,19-34,39-42,44-45H,17-18,35-38,43H2,1-10H3. The summed E-state index contributed by atoms with van der Waals surface area (Å²) in [6.45, 7) is 23.8. The molecule has 16 rings (SSSR count). The van der Waals surface area contributed by atoms with Crippen LogP contribution in [0.4, 0.5) is 39.8 Å². The molecule has 398 valence electrons. The molecule has 7 aliphatic rings. The lowest BCUT2D eigenvalue weighted by Crippen LogP contribution is -2.57. The molecule has 6 heteroatoms. The molecule has 0 saturated heterocycles. The molecule has 8 aromatic carbocycles. The Balaban J connectivity index is 1.03. The highest BCUT2D eigenvalue weighted by molar-refractivity contribution is 6.95. The number of furan rings is 1. The van der Waals surface area contributed by atoms with Gasteiger partial charge in [-0.3, -0.25) is 0 Å². The Morgan fingerprint density at radius 3 is 1.75 bits per heavy atom. The molecule has 0 bridgehead atoms. The van der Waals surface area contributed by atoms with E-state index in [9.17, 15) is 0 Å². The van der Waals surface area contributed by atoms with Crippen molar-refractivity contribution in [1.82, 2.24) is 0 Å². The maximum absolute atomic E-state index is 8.24. The number of ether oxygens (including phenoxy) is 1. The molecule has 2 unspecified atom stereocenters. The van der Waals surface area contributed by atoms with Crippen LogP contribution in [0.25, 0.3) is 33.1 Å². The quantitative estimate of drug-likeness (QED) is 0.160. The smallest absolute Gasteiger partial charge is 0.296 e. The molecule has 4 aliphatic heterocycles. The number of para-hydroxylation sites is 1. The van der Waals surface area contributed by atoms with E-state index in [2.05, 4.69) is 242 Å². The number of anilines is 7.